The first-order valence-corrected chi connectivity index (χ1v) is 5.08. The van der Waals surface area contributed by atoms with E-state index in [1.807, 2.05) is 30.5 Å². The number of hydrazone groups is 1. The Morgan fingerprint density at radius 3 is 3.06 bits per heavy atom. The minimum absolute atomic E-state index is 0.274. The zero-order valence-electron chi connectivity index (χ0n) is 8.40. The van der Waals surface area contributed by atoms with Crippen LogP contribution in [0, 0.1) is 0 Å². The van der Waals surface area contributed by atoms with E-state index in [1.165, 1.54) is 0 Å². The predicted molar refractivity (Wildman–Crippen MR) is 68.9 cm³/mol. The maximum absolute atomic E-state index is 5.09. The summed E-state index contributed by atoms with van der Waals surface area (Å²) in [5.74, 6) is 5.09. The number of fused-ring (bicyclic) bond motifs is 1. The van der Waals surface area contributed by atoms with E-state index in [4.69, 9.17) is 18.1 Å². The third-order valence-corrected chi connectivity index (χ3v) is 2.33. The van der Waals surface area contributed by atoms with E-state index in [0.717, 1.165) is 16.5 Å². The number of H-pyrrole nitrogens is 1. The topological polar surface area (TPSA) is 78.2 Å². The maximum atomic E-state index is 5.09. The first-order valence-electron chi connectivity index (χ1n) is 4.67. The van der Waals surface area contributed by atoms with E-state index in [1.54, 1.807) is 6.21 Å². The molecule has 0 saturated heterocycles. The predicted octanol–water partition coefficient (Wildman–Crippen LogP) is 0.840. The number of aromatic amines is 1. The molecule has 0 aliphatic carbocycles. The van der Waals surface area contributed by atoms with Crippen LogP contribution in [0.1, 0.15) is 5.56 Å². The van der Waals surface area contributed by atoms with Crippen LogP contribution in [0.3, 0.4) is 0 Å². The molecule has 0 radical (unpaired) electrons. The Hall–Kier alpha value is -1.92. The lowest BCUT2D eigenvalue weighted by molar-refractivity contribution is 0.930. The number of benzene rings is 1. The molecule has 0 fully saturated rings. The molecular weight excluding hydrogens is 222 g/mol. The summed E-state index contributed by atoms with van der Waals surface area (Å²) in [5, 5.41) is 5.34. The quantitative estimate of drug-likeness (QED) is 0.268. The molecule has 0 amide bonds. The van der Waals surface area contributed by atoms with Gasteiger partial charge in [0.15, 0.2) is 0 Å². The Morgan fingerprint density at radius 1 is 1.44 bits per heavy atom. The second-order valence-corrected chi connectivity index (χ2v) is 3.54. The summed E-state index contributed by atoms with van der Waals surface area (Å²) in [6.45, 7) is 0. The number of nitrogens with two attached hydrogens (primary N) is 1. The largest absolute Gasteiger partial charge is 0.361 e. The summed E-state index contributed by atoms with van der Waals surface area (Å²) in [7, 11) is 0. The smallest absolute Gasteiger partial charge is 0.201 e. The van der Waals surface area contributed by atoms with Gasteiger partial charge in [-0.25, -0.2) is 5.84 Å². The molecule has 1 heterocycles. The fourth-order valence-corrected chi connectivity index (χ4v) is 1.45. The van der Waals surface area contributed by atoms with Crippen molar-refractivity contribution in [1.82, 2.24) is 15.8 Å². The molecule has 0 spiro atoms. The van der Waals surface area contributed by atoms with Crippen LogP contribution in [0.25, 0.3) is 10.9 Å². The maximum Gasteiger partial charge on any atom is 0.201 e. The Bertz CT molecular complexity index is 531. The molecule has 2 rings (SSSR count). The Balaban J connectivity index is 2.18. The molecule has 5 N–H and O–H groups in total. The average Bonchev–Trinajstić information content (AvgIpc) is 2.73. The lowest BCUT2D eigenvalue weighted by Crippen LogP contribution is -2.37. The van der Waals surface area contributed by atoms with Gasteiger partial charge in [-0.05, 0) is 18.3 Å². The number of nitrogens with zero attached hydrogens (tertiary/aromatic N) is 1. The second kappa shape index (κ2) is 4.73. The highest BCUT2D eigenvalue weighted by atomic mass is 32.1. The first kappa shape index (κ1) is 10.6. The molecule has 0 saturated carbocycles. The highest BCUT2D eigenvalue weighted by molar-refractivity contribution is 7.80. The summed E-state index contributed by atoms with van der Waals surface area (Å²) in [5.41, 5.74) is 6.93. The molecule has 0 unspecified atom stereocenters. The van der Waals surface area contributed by atoms with Crippen molar-refractivity contribution < 1.29 is 0 Å². The summed E-state index contributed by atoms with van der Waals surface area (Å²) >= 11 is 4.78. The summed E-state index contributed by atoms with van der Waals surface area (Å²) < 4.78 is 0. The molecule has 1 aromatic carbocycles. The molecule has 16 heavy (non-hydrogen) atoms. The van der Waals surface area contributed by atoms with Crippen molar-refractivity contribution in [3.63, 3.8) is 0 Å². The monoisotopic (exact) mass is 233 g/mol. The SMILES string of the molecule is NNC(=S)N/N=C\c1c[nH]c2ccccc12. The van der Waals surface area contributed by atoms with Crippen LogP contribution in [0.5, 0.6) is 0 Å². The number of hydrazine groups is 1. The number of rotatable bonds is 2. The summed E-state index contributed by atoms with van der Waals surface area (Å²) in [6.07, 6.45) is 3.57. The third kappa shape index (κ3) is 2.18. The highest BCUT2D eigenvalue weighted by Crippen LogP contribution is 2.15. The van der Waals surface area contributed by atoms with Crippen LogP contribution >= 0.6 is 12.2 Å². The first-order chi connectivity index (χ1) is 7.81. The molecule has 82 valence electrons. The van der Waals surface area contributed by atoms with Gasteiger partial charge in [0.2, 0.25) is 5.11 Å². The number of aromatic nitrogens is 1. The van der Waals surface area contributed by atoms with Crippen molar-refractivity contribution in [2.45, 2.75) is 0 Å². The van der Waals surface area contributed by atoms with Gasteiger partial charge in [-0.3, -0.25) is 10.9 Å². The molecule has 5 nitrogen and oxygen atoms in total. The van der Waals surface area contributed by atoms with Crippen LogP contribution in [0.2, 0.25) is 0 Å². The van der Waals surface area contributed by atoms with Crippen LogP contribution in [0.15, 0.2) is 35.6 Å². The van der Waals surface area contributed by atoms with E-state index in [0.29, 0.717) is 0 Å². The van der Waals surface area contributed by atoms with Gasteiger partial charge < -0.3 is 4.98 Å². The fourth-order valence-electron chi connectivity index (χ4n) is 1.39. The van der Waals surface area contributed by atoms with Gasteiger partial charge in [0, 0.05) is 22.7 Å². The standard InChI is InChI=1S/C10H11N5S/c11-14-10(16)15-13-6-7-5-12-9-4-2-1-3-8(7)9/h1-6,12H,11H2,(H2,14,15,16)/b13-6-. The van der Waals surface area contributed by atoms with Crippen LogP contribution in [0.4, 0.5) is 0 Å². The molecule has 2 aromatic rings. The van der Waals surface area contributed by atoms with Crippen molar-refractivity contribution >= 4 is 34.4 Å². The van der Waals surface area contributed by atoms with Crippen LogP contribution in [-0.4, -0.2) is 16.3 Å². The zero-order chi connectivity index (χ0) is 11.4. The van der Waals surface area contributed by atoms with Gasteiger partial charge in [-0.2, -0.15) is 5.10 Å². The number of thiocarbonyl (C=S) groups is 1. The molecule has 1 aromatic heterocycles. The van der Waals surface area contributed by atoms with Gasteiger partial charge in [0.05, 0.1) is 6.21 Å². The average molecular weight is 233 g/mol. The molecule has 0 atom stereocenters. The third-order valence-electron chi connectivity index (χ3n) is 2.12. The van der Waals surface area contributed by atoms with Crippen molar-refractivity contribution in [3.8, 4) is 0 Å². The van der Waals surface area contributed by atoms with Crippen LogP contribution in [-0.2, 0) is 0 Å². The minimum Gasteiger partial charge on any atom is -0.361 e. The fraction of sp³-hybridized carbons (Fsp3) is 0. The van der Waals surface area contributed by atoms with E-state index < -0.39 is 0 Å². The lowest BCUT2D eigenvalue weighted by Gasteiger charge is -1.98. The number of nitrogens with one attached hydrogen (secondary N) is 3. The normalized spacial score (nSPS) is 10.8. The van der Waals surface area contributed by atoms with E-state index in [2.05, 4.69) is 20.9 Å². The van der Waals surface area contributed by atoms with Crippen molar-refractivity contribution in [1.29, 1.82) is 0 Å². The summed E-state index contributed by atoms with van der Waals surface area (Å²) in [4.78, 5) is 3.15. The molecule has 0 aliphatic heterocycles. The lowest BCUT2D eigenvalue weighted by atomic mass is 10.2. The summed E-state index contributed by atoms with van der Waals surface area (Å²) in [6, 6.07) is 7.98. The van der Waals surface area contributed by atoms with E-state index in [-0.39, 0.29) is 5.11 Å². The van der Waals surface area contributed by atoms with Crippen molar-refractivity contribution in [2.75, 3.05) is 0 Å². The molecule has 0 aliphatic rings. The van der Waals surface area contributed by atoms with Crippen molar-refractivity contribution in [3.05, 3.63) is 36.0 Å². The molecule has 6 heteroatoms. The second-order valence-electron chi connectivity index (χ2n) is 3.13. The number of hydrogen-bond donors (Lipinski definition) is 4. The van der Waals surface area contributed by atoms with E-state index in [9.17, 15) is 0 Å². The van der Waals surface area contributed by atoms with Crippen molar-refractivity contribution in [2.24, 2.45) is 10.9 Å². The van der Waals surface area contributed by atoms with Gasteiger partial charge in [-0.1, -0.05) is 18.2 Å². The molecular formula is C10H11N5S. The van der Waals surface area contributed by atoms with E-state index >= 15 is 0 Å². The number of para-hydroxylation sites is 1. The van der Waals surface area contributed by atoms with Gasteiger partial charge in [0.25, 0.3) is 0 Å². The number of hydrogen-bond acceptors (Lipinski definition) is 3. The van der Waals surface area contributed by atoms with Gasteiger partial charge >= 0.3 is 0 Å². The van der Waals surface area contributed by atoms with Crippen LogP contribution < -0.4 is 16.7 Å². The zero-order valence-corrected chi connectivity index (χ0v) is 9.21. The highest BCUT2D eigenvalue weighted by Gasteiger charge is 1.99. The minimum atomic E-state index is 0.274. The van der Waals surface area contributed by atoms with Gasteiger partial charge in [0.1, 0.15) is 0 Å². The Labute approximate surface area is 97.7 Å². The Morgan fingerprint density at radius 2 is 2.25 bits per heavy atom. The Kier molecular flexibility index (Phi) is 3.13. The van der Waals surface area contributed by atoms with Gasteiger partial charge in [-0.15, -0.1) is 0 Å². The molecule has 0 bridgehead atoms.